The Balaban J connectivity index is 2.03. The largest absolute Gasteiger partial charge is 0.434 e. The van der Waals surface area contributed by atoms with Crippen LogP contribution in [0, 0.1) is 0 Å². The Bertz CT molecular complexity index is 946. The zero-order valence-electron chi connectivity index (χ0n) is 15.1. The van der Waals surface area contributed by atoms with Crippen molar-refractivity contribution < 1.29 is 26.7 Å². The van der Waals surface area contributed by atoms with Crippen LogP contribution in [0.25, 0.3) is 6.08 Å². The molecule has 28 heavy (non-hydrogen) atoms. The lowest BCUT2D eigenvalue weighted by Gasteiger charge is -2.10. The second-order valence-electron chi connectivity index (χ2n) is 5.70. The fourth-order valence-corrected chi connectivity index (χ4v) is 3.21. The van der Waals surface area contributed by atoms with Gasteiger partial charge in [-0.1, -0.05) is 42.5 Å². The van der Waals surface area contributed by atoms with E-state index in [1.807, 2.05) is 0 Å². The van der Waals surface area contributed by atoms with Crippen LogP contribution in [0.1, 0.15) is 16.7 Å². The van der Waals surface area contributed by atoms with Crippen molar-refractivity contribution in [2.24, 2.45) is 0 Å². The Morgan fingerprint density at radius 1 is 1.11 bits per heavy atom. The van der Waals surface area contributed by atoms with E-state index in [0.29, 0.717) is 16.7 Å². The van der Waals surface area contributed by atoms with E-state index in [0.717, 1.165) is 0 Å². The number of halogens is 2. The number of carbonyl (C=O) groups excluding carboxylic acids is 1. The highest BCUT2D eigenvalue weighted by atomic mass is 32.2. The first kappa shape index (κ1) is 21.5. The second-order valence-corrected chi connectivity index (χ2v) is 7.63. The van der Waals surface area contributed by atoms with Gasteiger partial charge in [0, 0.05) is 18.2 Å². The van der Waals surface area contributed by atoms with E-state index < -0.39 is 22.5 Å². The van der Waals surface area contributed by atoms with Crippen LogP contribution < -0.4 is 14.8 Å². The third-order valence-electron chi connectivity index (χ3n) is 3.78. The molecule has 0 bridgehead atoms. The number of carbonyl (C=O) groups is 1. The molecule has 0 radical (unpaired) electrons. The molecule has 2 aromatic carbocycles. The van der Waals surface area contributed by atoms with E-state index in [4.69, 9.17) is 0 Å². The standard InChI is InChI=1S/C19H20F2N2O4S/c1-22-28(25,26)13-16-8-3-2-7-15(16)12-23-18(24)11-10-14-6-4-5-9-17(14)27-19(20)21/h2-11,19,22H,12-13H2,1H3,(H,23,24)/b11-10+. The summed E-state index contributed by atoms with van der Waals surface area (Å²) in [6.45, 7) is -2.85. The highest BCUT2D eigenvalue weighted by Crippen LogP contribution is 2.21. The molecule has 0 saturated heterocycles. The summed E-state index contributed by atoms with van der Waals surface area (Å²) in [5.74, 6) is -0.703. The highest BCUT2D eigenvalue weighted by molar-refractivity contribution is 7.88. The molecule has 1 amide bonds. The van der Waals surface area contributed by atoms with Crippen LogP contribution in [-0.4, -0.2) is 28.0 Å². The Morgan fingerprint density at radius 2 is 1.75 bits per heavy atom. The third-order valence-corrected chi connectivity index (χ3v) is 5.09. The quantitative estimate of drug-likeness (QED) is 0.623. The first-order valence-electron chi connectivity index (χ1n) is 8.28. The van der Waals surface area contributed by atoms with E-state index in [-0.39, 0.29) is 18.0 Å². The fraction of sp³-hybridized carbons (Fsp3) is 0.211. The Labute approximate surface area is 162 Å². The average Bonchev–Trinajstić information content (AvgIpc) is 2.66. The van der Waals surface area contributed by atoms with Crippen LogP contribution in [0.3, 0.4) is 0 Å². The molecule has 0 saturated carbocycles. The molecule has 0 unspecified atom stereocenters. The van der Waals surface area contributed by atoms with Crippen molar-refractivity contribution in [1.29, 1.82) is 0 Å². The van der Waals surface area contributed by atoms with Gasteiger partial charge in [-0.05, 0) is 30.3 Å². The van der Waals surface area contributed by atoms with Gasteiger partial charge in [-0.25, -0.2) is 13.1 Å². The summed E-state index contributed by atoms with van der Waals surface area (Å²) in [5.41, 5.74) is 1.56. The maximum absolute atomic E-state index is 12.4. The molecule has 2 aromatic rings. The number of amides is 1. The number of para-hydroxylation sites is 1. The molecule has 0 aromatic heterocycles. The SMILES string of the molecule is CNS(=O)(=O)Cc1ccccc1CNC(=O)/C=C/c1ccccc1OC(F)F. The molecule has 0 aliphatic carbocycles. The Morgan fingerprint density at radius 3 is 2.43 bits per heavy atom. The fourth-order valence-electron chi connectivity index (χ4n) is 2.38. The predicted octanol–water partition coefficient (Wildman–Crippen LogP) is 2.67. The van der Waals surface area contributed by atoms with Crippen molar-refractivity contribution in [3.8, 4) is 5.75 Å². The number of alkyl halides is 2. The van der Waals surface area contributed by atoms with Crippen molar-refractivity contribution >= 4 is 22.0 Å². The van der Waals surface area contributed by atoms with Gasteiger partial charge in [-0.2, -0.15) is 8.78 Å². The lowest BCUT2D eigenvalue weighted by Crippen LogP contribution is -2.24. The zero-order valence-corrected chi connectivity index (χ0v) is 15.9. The Kier molecular flexibility index (Phi) is 7.65. The molecule has 150 valence electrons. The molecule has 9 heteroatoms. The average molecular weight is 410 g/mol. The van der Waals surface area contributed by atoms with Gasteiger partial charge >= 0.3 is 6.61 Å². The maximum Gasteiger partial charge on any atom is 0.387 e. The van der Waals surface area contributed by atoms with Gasteiger partial charge < -0.3 is 10.1 Å². The number of ether oxygens (including phenoxy) is 1. The number of sulfonamides is 1. The smallest absolute Gasteiger partial charge is 0.387 e. The monoisotopic (exact) mass is 410 g/mol. The number of hydrogen-bond acceptors (Lipinski definition) is 4. The van der Waals surface area contributed by atoms with Gasteiger partial charge in [-0.3, -0.25) is 4.79 Å². The van der Waals surface area contributed by atoms with Crippen LogP contribution in [0.4, 0.5) is 8.78 Å². The highest BCUT2D eigenvalue weighted by Gasteiger charge is 2.12. The van der Waals surface area contributed by atoms with Gasteiger partial charge in [0.05, 0.1) is 5.75 Å². The third kappa shape index (κ3) is 6.75. The topological polar surface area (TPSA) is 84.5 Å². The zero-order chi connectivity index (χ0) is 20.6. The van der Waals surface area contributed by atoms with Crippen LogP contribution in [-0.2, 0) is 27.1 Å². The molecule has 0 aliphatic heterocycles. The first-order chi connectivity index (χ1) is 13.3. The summed E-state index contributed by atoms with van der Waals surface area (Å²) in [4.78, 5) is 12.1. The molecular weight excluding hydrogens is 390 g/mol. The lowest BCUT2D eigenvalue weighted by molar-refractivity contribution is -0.116. The number of benzene rings is 2. The van der Waals surface area contributed by atoms with Crippen molar-refractivity contribution in [3.05, 3.63) is 71.3 Å². The van der Waals surface area contributed by atoms with Gasteiger partial charge in [-0.15, -0.1) is 0 Å². The summed E-state index contributed by atoms with van der Waals surface area (Å²) in [5, 5.41) is 2.64. The van der Waals surface area contributed by atoms with E-state index in [9.17, 15) is 22.0 Å². The van der Waals surface area contributed by atoms with E-state index in [1.54, 1.807) is 42.5 Å². The van der Waals surface area contributed by atoms with Crippen molar-refractivity contribution in [2.45, 2.75) is 18.9 Å². The van der Waals surface area contributed by atoms with Crippen LogP contribution in [0.5, 0.6) is 5.75 Å². The van der Waals surface area contributed by atoms with E-state index >= 15 is 0 Å². The van der Waals surface area contributed by atoms with Gasteiger partial charge in [0.1, 0.15) is 5.75 Å². The molecule has 0 fully saturated rings. The minimum atomic E-state index is -3.45. The number of nitrogens with one attached hydrogen (secondary N) is 2. The summed E-state index contributed by atoms with van der Waals surface area (Å²) in [6.07, 6.45) is 2.56. The minimum Gasteiger partial charge on any atom is -0.434 e. The molecule has 0 atom stereocenters. The molecule has 6 nitrogen and oxygen atoms in total. The lowest BCUT2D eigenvalue weighted by atomic mass is 10.1. The summed E-state index contributed by atoms with van der Waals surface area (Å²) in [6, 6.07) is 12.9. The first-order valence-corrected chi connectivity index (χ1v) is 9.93. The Hall–Kier alpha value is -2.78. The normalized spacial score (nSPS) is 11.7. The van der Waals surface area contributed by atoms with Gasteiger partial charge in [0.2, 0.25) is 15.9 Å². The summed E-state index contributed by atoms with van der Waals surface area (Å²) in [7, 11) is -2.11. The molecule has 0 heterocycles. The summed E-state index contributed by atoms with van der Waals surface area (Å²) >= 11 is 0. The summed E-state index contributed by atoms with van der Waals surface area (Å²) < 4.78 is 55.0. The number of rotatable bonds is 9. The molecule has 2 rings (SSSR count). The van der Waals surface area contributed by atoms with Crippen LogP contribution in [0.2, 0.25) is 0 Å². The number of hydrogen-bond donors (Lipinski definition) is 2. The molecule has 0 aliphatic rings. The molecule has 2 N–H and O–H groups in total. The van der Waals surface area contributed by atoms with Gasteiger partial charge in [0.25, 0.3) is 0 Å². The minimum absolute atomic E-state index is 0.0378. The molecule has 0 spiro atoms. The van der Waals surface area contributed by atoms with Crippen molar-refractivity contribution in [3.63, 3.8) is 0 Å². The molecular formula is C19H20F2N2O4S. The van der Waals surface area contributed by atoms with Crippen LogP contribution >= 0.6 is 0 Å². The van der Waals surface area contributed by atoms with Crippen molar-refractivity contribution in [1.82, 2.24) is 10.0 Å². The second kappa shape index (κ2) is 9.95. The van der Waals surface area contributed by atoms with Crippen LogP contribution in [0.15, 0.2) is 54.6 Å². The van der Waals surface area contributed by atoms with Crippen molar-refractivity contribution in [2.75, 3.05) is 7.05 Å². The van der Waals surface area contributed by atoms with Gasteiger partial charge in [0.15, 0.2) is 0 Å². The van der Waals surface area contributed by atoms with E-state index in [1.165, 1.54) is 25.3 Å². The maximum atomic E-state index is 12.4. The predicted molar refractivity (Wildman–Crippen MR) is 102 cm³/mol. The van der Waals surface area contributed by atoms with E-state index in [2.05, 4.69) is 14.8 Å².